The molecule has 0 bridgehead atoms. The van der Waals surface area contributed by atoms with Crippen LogP contribution in [-0.2, 0) is 26.2 Å². The van der Waals surface area contributed by atoms with Crippen LogP contribution in [0.15, 0.2) is 77.7 Å². The van der Waals surface area contributed by atoms with Crippen LogP contribution in [-0.4, -0.2) is 44.3 Å². The molecule has 0 aliphatic carbocycles. The van der Waals surface area contributed by atoms with Gasteiger partial charge < -0.3 is 10.2 Å². The Kier molecular flexibility index (Phi) is 10.2. The van der Waals surface area contributed by atoms with E-state index in [1.54, 1.807) is 31.2 Å². The molecule has 208 valence electrons. The average molecular weight is 558 g/mol. The lowest BCUT2D eigenvalue weighted by Gasteiger charge is -2.32. The highest BCUT2D eigenvalue weighted by atomic mass is 32.2. The van der Waals surface area contributed by atoms with Gasteiger partial charge in [0, 0.05) is 13.1 Å². The highest BCUT2D eigenvalue weighted by Gasteiger charge is 2.32. The summed E-state index contributed by atoms with van der Waals surface area (Å²) >= 11 is 0. The summed E-state index contributed by atoms with van der Waals surface area (Å²) in [6, 6.07) is 15.5. The standard InChI is InChI=1S/C29H33F2N3O4S/c1-4-5-18-32-29(36)22(3)33(19-23-8-10-24(30)11-9-23)28(35)20-34(26-14-6-21(2)7-15-26)39(37,38)27-16-12-25(31)13-17-27/h6-17,22H,4-5,18-20H2,1-3H3,(H,32,36)/t22-/m1/s1. The molecule has 1 N–H and O–H groups in total. The smallest absolute Gasteiger partial charge is 0.264 e. The third kappa shape index (κ3) is 7.86. The molecule has 3 aromatic carbocycles. The number of aryl methyl sites for hydroxylation is 1. The fourth-order valence-corrected chi connectivity index (χ4v) is 5.29. The lowest BCUT2D eigenvalue weighted by atomic mass is 10.1. The van der Waals surface area contributed by atoms with E-state index in [2.05, 4.69) is 5.32 Å². The van der Waals surface area contributed by atoms with Crippen molar-refractivity contribution in [3.63, 3.8) is 0 Å². The van der Waals surface area contributed by atoms with Gasteiger partial charge in [-0.2, -0.15) is 0 Å². The minimum atomic E-state index is -4.29. The Hall–Kier alpha value is -3.79. The molecule has 0 heterocycles. The molecular formula is C29H33F2N3O4S. The van der Waals surface area contributed by atoms with E-state index in [0.29, 0.717) is 12.1 Å². The fourth-order valence-electron chi connectivity index (χ4n) is 3.88. The Balaban J connectivity index is 1.98. The Bertz CT molecular complexity index is 1360. The fraction of sp³-hybridized carbons (Fsp3) is 0.310. The average Bonchev–Trinajstić information content (AvgIpc) is 2.91. The molecule has 0 spiro atoms. The van der Waals surface area contributed by atoms with E-state index in [4.69, 9.17) is 0 Å². The molecule has 2 amide bonds. The molecule has 0 radical (unpaired) electrons. The van der Waals surface area contributed by atoms with Gasteiger partial charge in [-0.25, -0.2) is 17.2 Å². The number of anilines is 1. The molecule has 1 atom stereocenters. The van der Waals surface area contributed by atoms with Gasteiger partial charge in [0.05, 0.1) is 10.6 Å². The molecule has 0 unspecified atom stereocenters. The van der Waals surface area contributed by atoms with E-state index in [1.807, 2.05) is 13.8 Å². The second-order valence-corrected chi connectivity index (χ2v) is 11.1. The quantitative estimate of drug-likeness (QED) is 0.324. The summed E-state index contributed by atoms with van der Waals surface area (Å²) in [5, 5.41) is 2.81. The molecule has 0 saturated heterocycles. The van der Waals surface area contributed by atoms with Gasteiger partial charge in [-0.05, 0) is 74.4 Å². The molecule has 10 heteroatoms. The number of hydrogen-bond donors (Lipinski definition) is 1. The maximum absolute atomic E-state index is 13.8. The van der Waals surface area contributed by atoms with Crippen molar-refractivity contribution in [3.05, 3.63) is 95.6 Å². The topological polar surface area (TPSA) is 86.8 Å². The number of carbonyl (C=O) groups is 2. The van der Waals surface area contributed by atoms with Gasteiger partial charge in [0.15, 0.2) is 0 Å². The summed E-state index contributed by atoms with van der Waals surface area (Å²) in [6.45, 7) is 5.18. The SMILES string of the molecule is CCCCNC(=O)[C@@H](C)N(Cc1ccc(F)cc1)C(=O)CN(c1ccc(C)cc1)S(=O)(=O)c1ccc(F)cc1. The number of benzene rings is 3. The highest BCUT2D eigenvalue weighted by molar-refractivity contribution is 7.92. The van der Waals surface area contributed by atoms with Crippen LogP contribution in [0.2, 0.25) is 0 Å². The summed E-state index contributed by atoms with van der Waals surface area (Å²) in [4.78, 5) is 27.8. The monoisotopic (exact) mass is 557 g/mol. The van der Waals surface area contributed by atoms with E-state index in [-0.39, 0.29) is 23.0 Å². The molecule has 0 fully saturated rings. The number of nitrogens with zero attached hydrogens (tertiary/aromatic N) is 2. The van der Waals surface area contributed by atoms with Gasteiger partial charge in [0.25, 0.3) is 10.0 Å². The summed E-state index contributed by atoms with van der Waals surface area (Å²) in [6.07, 6.45) is 1.64. The van der Waals surface area contributed by atoms with Crippen LogP contribution in [0, 0.1) is 18.6 Å². The Morgan fingerprint density at radius 2 is 1.46 bits per heavy atom. The molecule has 39 heavy (non-hydrogen) atoms. The maximum atomic E-state index is 13.8. The lowest BCUT2D eigenvalue weighted by Crippen LogP contribution is -2.51. The van der Waals surface area contributed by atoms with Crippen molar-refractivity contribution in [2.24, 2.45) is 0 Å². The number of halogens is 2. The second kappa shape index (κ2) is 13.3. The number of unbranched alkanes of at least 4 members (excludes halogenated alkanes) is 1. The van der Waals surface area contributed by atoms with Gasteiger partial charge in [-0.1, -0.05) is 43.2 Å². The normalized spacial score (nSPS) is 12.0. The van der Waals surface area contributed by atoms with Crippen LogP contribution >= 0.6 is 0 Å². The van der Waals surface area contributed by atoms with Crippen molar-refractivity contribution in [3.8, 4) is 0 Å². The molecule has 0 aliphatic rings. The molecular weight excluding hydrogens is 524 g/mol. The van der Waals surface area contributed by atoms with Crippen molar-refractivity contribution in [2.45, 2.75) is 51.1 Å². The van der Waals surface area contributed by atoms with Crippen molar-refractivity contribution in [1.29, 1.82) is 0 Å². The lowest BCUT2D eigenvalue weighted by molar-refractivity contribution is -0.139. The van der Waals surface area contributed by atoms with Crippen molar-refractivity contribution >= 4 is 27.5 Å². The minimum Gasteiger partial charge on any atom is -0.354 e. The van der Waals surface area contributed by atoms with Gasteiger partial charge in [0.2, 0.25) is 11.8 Å². The molecule has 7 nitrogen and oxygen atoms in total. The summed E-state index contributed by atoms with van der Waals surface area (Å²) < 4.78 is 55.3. The van der Waals surface area contributed by atoms with E-state index < -0.39 is 40.2 Å². The predicted molar refractivity (Wildman–Crippen MR) is 146 cm³/mol. The first-order valence-corrected chi connectivity index (χ1v) is 14.1. The Labute approximate surface area is 228 Å². The van der Waals surface area contributed by atoms with Crippen LogP contribution in [0.4, 0.5) is 14.5 Å². The van der Waals surface area contributed by atoms with Crippen LogP contribution in [0.3, 0.4) is 0 Å². The zero-order valence-corrected chi connectivity index (χ0v) is 23.0. The first-order valence-electron chi connectivity index (χ1n) is 12.7. The largest absolute Gasteiger partial charge is 0.354 e. The Morgan fingerprint density at radius 3 is 2.03 bits per heavy atom. The first-order chi connectivity index (χ1) is 18.5. The van der Waals surface area contributed by atoms with Crippen LogP contribution in [0.1, 0.15) is 37.8 Å². The molecule has 0 aromatic heterocycles. The highest BCUT2D eigenvalue weighted by Crippen LogP contribution is 2.25. The van der Waals surface area contributed by atoms with Crippen molar-refractivity contribution in [2.75, 3.05) is 17.4 Å². The van der Waals surface area contributed by atoms with E-state index in [9.17, 15) is 26.8 Å². The van der Waals surface area contributed by atoms with Gasteiger partial charge in [-0.3, -0.25) is 13.9 Å². The molecule has 3 aromatic rings. The summed E-state index contributed by atoms with van der Waals surface area (Å²) in [5.41, 5.74) is 1.70. The number of rotatable bonds is 12. The number of carbonyl (C=O) groups excluding carboxylic acids is 2. The van der Waals surface area contributed by atoms with Crippen LogP contribution in [0.5, 0.6) is 0 Å². The molecule has 3 rings (SSSR count). The minimum absolute atomic E-state index is 0.0419. The molecule has 0 aliphatic heterocycles. The van der Waals surface area contributed by atoms with Gasteiger partial charge in [0.1, 0.15) is 24.2 Å². The summed E-state index contributed by atoms with van der Waals surface area (Å²) in [5.74, 6) is -2.07. The van der Waals surface area contributed by atoms with Crippen molar-refractivity contribution < 1.29 is 26.8 Å². The number of hydrogen-bond acceptors (Lipinski definition) is 4. The van der Waals surface area contributed by atoms with E-state index >= 15 is 0 Å². The van der Waals surface area contributed by atoms with Gasteiger partial charge in [-0.15, -0.1) is 0 Å². The summed E-state index contributed by atoms with van der Waals surface area (Å²) in [7, 11) is -4.29. The Morgan fingerprint density at radius 1 is 0.897 bits per heavy atom. The van der Waals surface area contributed by atoms with E-state index in [1.165, 1.54) is 29.2 Å². The third-order valence-electron chi connectivity index (χ3n) is 6.27. The van der Waals surface area contributed by atoms with E-state index in [0.717, 1.165) is 47.0 Å². The number of sulfonamides is 1. The van der Waals surface area contributed by atoms with Crippen LogP contribution in [0.25, 0.3) is 0 Å². The first kappa shape index (κ1) is 29.8. The zero-order valence-electron chi connectivity index (χ0n) is 22.2. The zero-order chi connectivity index (χ0) is 28.6. The second-order valence-electron chi connectivity index (χ2n) is 9.27. The van der Waals surface area contributed by atoms with Gasteiger partial charge >= 0.3 is 0 Å². The number of nitrogens with one attached hydrogen (secondary N) is 1. The van der Waals surface area contributed by atoms with Crippen LogP contribution < -0.4 is 9.62 Å². The third-order valence-corrected chi connectivity index (χ3v) is 8.05. The van der Waals surface area contributed by atoms with Crippen molar-refractivity contribution in [1.82, 2.24) is 10.2 Å². The maximum Gasteiger partial charge on any atom is 0.264 e. The number of amides is 2. The molecule has 0 saturated carbocycles. The predicted octanol–water partition coefficient (Wildman–Crippen LogP) is 4.80.